The minimum atomic E-state index is 0.139. The van der Waals surface area contributed by atoms with Crippen molar-refractivity contribution in [3.05, 3.63) is 18.3 Å². The SMILES string of the molecule is FOc1ccc[nH]1. The molecule has 38 valence electrons. The van der Waals surface area contributed by atoms with Crippen LogP contribution in [0.2, 0.25) is 0 Å². The Morgan fingerprint density at radius 1 is 1.71 bits per heavy atom. The molecule has 2 nitrogen and oxygen atoms in total. The molecule has 0 spiro atoms. The molecule has 1 N–H and O–H groups in total. The molecule has 0 bridgehead atoms. The monoisotopic (exact) mass is 101 g/mol. The van der Waals surface area contributed by atoms with Crippen molar-refractivity contribution in [3.8, 4) is 5.88 Å². The molecule has 0 aliphatic heterocycles. The molecule has 0 radical (unpaired) electrons. The van der Waals surface area contributed by atoms with E-state index in [1.165, 1.54) is 6.07 Å². The van der Waals surface area contributed by atoms with Crippen LogP contribution >= 0.6 is 0 Å². The van der Waals surface area contributed by atoms with Gasteiger partial charge in [-0.05, 0) is 6.07 Å². The van der Waals surface area contributed by atoms with E-state index in [-0.39, 0.29) is 5.88 Å². The third-order valence-corrected chi connectivity index (χ3v) is 0.653. The summed E-state index contributed by atoms with van der Waals surface area (Å²) in [5.74, 6) is 0.139. The summed E-state index contributed by atoms with van der Waals surface area (Å²) in [6, 6.07) is 3.13. The van der Waals surface area contributed by atoms with Crippen molar-refractivity contribution in [3.63, 3.8) is 0 Å². The van der Waals surface area contributed by atoms with E-state index in [4.69, 9.17) is 0 Å². The zero-order valence-electron chi connectivity index (χ0n) is 3.52. The number of H-pyrrole nitrogens is 1. The summed E-state index contributed by atoms with van der Waals surface area (Å²) in [4.78, 5) is 5.79. The van der Waals surface area contributed by atoms with E-state index in [0.29, 0.717) is 0 Å². The molecule has 1 rings (SSSR count). The number of hydrogen-bond donors (Lipinski definition) is 1. The minimum Gasteiger partial charge on any atom is -0.330 e. The topological polar surface area (TPSA) is 25.0 Å². The first-order valence-corrected chi connectivity index (χ1v) is 1.85. The van der Waals surface area contributed by atoms with E-state index in [2.05, 4.69) is 9.93 Å². The fourth-order valence-corrected chi connectivity index (χ4v) is 0.362. The van der Waals surface area contributed by atoms with Gasteiger partial charge in [0.1, 0.15) is 0 Å². The first-order valence-electron chi connectivity index (χ1n) is 1.85. The van der Waals surface area contributed by atoms with Crippen LogP contribution in [0.1, 0.15) is 0 Å². The first-order chi connectivity index (χ1) is 3.43. The van der Waals surface area contributed by atoms with Crippen LogP contribution in [0, 0.1) is 0 Å². The molecule has 0 amide bonds. The van der Waals surface area contributed by atoms with Crippen LogP contribution in [0.5, 0.6) is 5.88 Å². The summed E-state index contributed by atoms with van der Waals surface area (Å²) < 4.78 is 11.0. The van der Waals surface area contributed by atoms with E-state index in [0.717, 1.165) is 0 Å². The number of aromatic nitrogens is 1. The fraction of sp³-hybridized carbons (Fsp3) is 0. The number of rotatable bonds is 1. The number of nitrogens with one attached hydrogen (secondary N) is 1. The van der Waals surface area contributed by atoms with Gasteiger partial charge in [0.15, 0.2) is 0 Å². The van der Waals surface area contributed by atoms with Crippen molar-refractivity contribution in [2.45, 2.75) is 0 Å². The lowest BCUT2D eigenvalue weighted by atomic mass is 10.7. The Labute approximate surface area is 39.8 Å². The van der Waals surface area contributed by atoms with Gasteiger partial charge < -0.3 is 4.98 Å². The largest absolute Gasteiger partial charge is 0.330 e. The third-order valence-electron chi connectivity index (χ3n) is 0.653. The van der Waals surface area contributed by atoms with Crippen LogP contribution < -0.4 is 4.94 Å². The first kappa shape index (κ1) is 4.18. The standard InChI is InChI=1S/C4H4FNO/c5-7-4-2-1-3-6-4/h1-3,6H. The van der Waals surface area contributed by atoms with E-state index >= 15 is 0 Å². The van der Waals surface area contributed by atoms with Gasteiger partial charge in [0.05, 0.1) is 0 Å². The van der Waals surface area contributed by atoms with Crippen molar-refractivity contribution in [2.75, 3.05) is 0 Å². The van der Waals surface area contributed by atoms with E-state index in [9.17, 15) is 4.53 Å². The molecule has 0 saturated carbocycles. The highest BCUT2D eigenvalue weighted by Gasteiger charge is 1.85. The number of aromatic amines is 1. The second-order valence-corrected chi connectivity index (χ2v) is 1.11. The Bertz CT molecular complexity index is 126. The summed E-state index contributed by atoms with van der Waals surface area (Å²) >= 11 is 0. The average molecular weight is 101 g/mol. The van der Waals surface area contributed by atoms with Crippen LogP contribution in [0.15, 0.2) is 18.3 Å². The van der Waals surface area contributed by atoms with Gasteiger partial charge in [0.25, 0.3) is 0 Å². The van der Waals surface area contributed by atoms with Crippen LogP contribution in [0.3, 0.4) is 0 Å². The molecule has 3 heteroatoms. The molecule has 0 saturated heterocycles. The summed E-state index contributed by atoms with van der Waals surface area (Å²) in [5.41, 5.74) is 0. The highest BCUT2D eigenvalue weighted by atomic mass is 19.3. The van der Waals surface area contributed by atoms with Gasteiger partial charge in [-0.2, -0.15) is 0 Å². The fourth-order valence-electron chi connectivity index (χ4n) is 0.362. The lowest BCUT2D eigenvalue weighted by Crippen LogP contribution is -1.70. The third kappa shape index (κ3) is 0.707. The van der Waals surface area contributed by atoms with Gasteiger partial charge in [-0.25, -0.2) is 0 Å². The molecule has 1 heterocycles. The van der Waals surface area contributed by atoms with Crippen molar-refractivity contribution in [2.24, 2.45) is 0 Å². The highest BCUT2D eigenvalue weighted by molar-refractivity contribution is 5.08. The predicted molar refractivity (Wildman–Crippen MR) is 22.5 cm³/mol. The molecule has 1 aromatic heterocycles. The van der Waals surface area contributed by atoms with E-state index in [1.54, 1.807) is 12.3 Å². The van der Waals surface area contributed by atoms with Crippen molar-refractivity contribution in [1.29, 1.82) is 0 Å². The Morgan fingerprint density at radius 2 is 2.57 bits per heavy atom. The number of halogens is 1. The maximum atomic E-state index is 11.0. The van der Waals surface area contributed by atoms with Crippen molar-refractivity contribution in [1.82, 2.24) is 4.98 Å². The maximum Gasteiger partial charge on any atom is 0.241 e. The molecule has 7 heavy (non-hydrogen) atoms. The molecular formula is C4H4FNO. The zero-order valence-corrected chi connectivity index (χ0v) is 3.52. The Balaban J connectivity index is 2.76. The van der Waals surface area contributed by atoms with E-state index < -0.39 is 0 Å². The maximum absolute atomic E-state index is 11.0. The smallest absolute Gasteiger partial charge is 0.241 e. The minimum absolute atomic E-state index is 0.139. The molecule has 0 aliphatic carbocycles. The van der Waals surface area contributed by atoms with E-state index in [1.807, 2.05) is 0 Å². The molecule has 0 fully saturated rings. The quantitative estimate of drug-likeness (QED) is 0.566. The zero-order chi connectivity index (χ0) is 5.11. The van der Waals surface area contributed by atoms with Crippen LogP contribution in [0.25, 0.3) is 0 Å². The molecule has 1 aromatic rings. The second-order valence-electron chi connectivity index (χ2n) is 1.11. The van der Waals surface area contributed by atoms with Crippen molar-refractivity contribution < 1.29 is 9.47 Å². The Hall–Kier alpha value is -0.990. The molecule has 0 aromatic carbocycles. The van der Waals surface area contributed by atoms with Crippen LogP contribution in [-0.2, 0) is 0 Å². The summed E-state index contributed by atoms with van der Waals surface area (Å²) in [6.07, 6.45) is 1.58. The van der Waals surface area contributed by atoms with Crippen molar-refractivity contribution >= 4 is 0 Å². The van der Waals surface area contributed by atoms with Gasteiger partial charge in [0.2, 0.25) is 5.88 Å². The summed E-state index contributed by atoms with van der Waals surface area (Å²) in [5, 5.41) is 0. The van der Waals surface area contributed by atoms with Gasteiger partial charge in [-0.1, -0.05) is 0 Å². The molecule has 0 unspecified atom stereocenters. The molecular weight excluding hydrogens is 97.0 g/mol. The Morgan fingerprint density at radius 3 is 2.86 bits per heavy atom. The summed E-state index contributed by atoms with van der Waals surface area (Å²) in [7, 11) is 0. The molecule has 0 atom stereocenters. The van der Waals surface area contributed by atoms with Gasteiger partial charge >= 0.3 is 0 Å². The lowest BCUT2D eigenvalue weighted by Gasteiger charge is -1.79. The van der Waals surface area contributed by atoms with Gasteiger partial charge in [0, 0.05) is 16.8 Å². The lowest BCUT2D eigenvalue weighted by molar-refractivity contribution is -0.0112. The Kier molecular flexibility index (Phi) is 0.978. The molecule has 0 aliphatic rings. The van der Waals surface area contributed by atoms with Crippen LogP contribution in [0.4, 0.5) is 4.53 Å². The summed E-state index contributed by atoms with van der Waals surface area (Å²) in [6.45, 7) is 0. The van der Waals surface area contributed by atoms with Gasteiger partial charge in [-0.3, -0.25) is 4.94 Å². The van der Waals surface area contributed by atoms with Crippen LogP contribution in [-0.4, -0.2) is 4.98 Å². The highest BCUT2D eigenvalue weighted by Crippen LogP contribution is 2.03. The average Bonchev–Trinajstić information content (AvgIpc) is 2.14. The normalized spacial score (nSPS) is 8.71. The second kappa shape index (κ2) is 1.64. The predicted octanol–water partition coefficient (Wildman–Crippen LogP) is 1.28. The van der Waals surface area contributed by atoms with Gasteiger partial charge in [-0.15, -0.1) is 0 Å². The number of hydrogen-bond acceptors (Lipinski definition) is 1.